The van der Waals surface area contributed by atoms with Gasteiger partial charge in [0, 0.05) is 0 Å². The first-order chi connectivity index (χ1) is 6.95. The lowest BCUT2D eigenvalue weighted by atomic mass is 10.0. The highest BCUT2D eigenvalue weighted by atomic mass is 15.0. The van der Waals surface area contributed by atoms with Gasteiger partial charge in [-0.25, -0.2) is 0 Å². The molecule has 0 spiro atoms. The lowest BCUT2D eigenvalue weighted by Gasteiger charge is -2.39. The molecular formula is C12H10N2-2. The van der Waals surface area contributed by atoms with E-state index in [0.717, 1.165) is 24.5 Å². The quantitative estimate of drug-likeness (QED) is 0.584. The summed E-state index contributed by atoms with van der Waals surface area (Å²) in [6.45, 7) is 1.56. The highest BCUT2D eigenvalue weighted by Crippen LogP contribution is 2.44. The molecule has 2 heteroatoms. The molecule has 0 aromatic heterocycles. The van der Waals surface area contributed by atoms with Gasteiger partial charge in [-0.15, -0.1) is 36.6 Å². The molecular weight excluding hydrogens is 172 g/mol. The van der Waals surface area contributed by atoms with Gasteiger partial charge in [0.2, 0.25) is 0 Å². The van der Waals surface area contributed by atoms with E-state index in [4.69, 9.17) is 0 Å². The molecule has 2 nitrogen and oxygen atoms in total. The van der Waals surface area contributed by atoms with E-state index in [2.05, 4.69) is 47.1 Å². The summed E-state index contributed by atoms with van der Waals surface area (Å²) in [5, 5.41) is 8.98. The number of nitrogens with zero attached hydrogens (tertiary/aromatic N) is 2. The van der Waals surface area contributed by atoms with Crippen LogP contribution in [0.15, 0.2) is 24.3 Å². The Bertz CT molecular complexity index is 389. The number of hydrogen-bond donors (Lipinski definition) is 0. The molecule has 2 aliphatic rings. The van der Waals surface area contributed by atoms with Crippen LogP contribution in [0.5, 0.6) is 0 Å². The molecule has 2 heterocycles. The second-order valence-electron chi connectivity index (χ2n) is 3.43. The van der Waals surface area contributed by atoms with Gasteiger partial charge in [0.1, 0.15) is 0 Å². The molecule has 2 aliphatic heterocycles. The van der Waals surface area contributed by atoms with Crippen molar-refractivity contribution in [3.8, 4) is 0 Å². The summed E-state index contributed by atoms with van der Waals surface area (Å²) in [5.74, 6) is 0. The van der Waals surface area contributed by atoms with Crippen LogP contribution in [0, 0.1) is 0 Å². The molecule has 0 unspecified atom stereocenters. The Kier molecular flexibility index (Phi) is 1.60. The first-order valence-corrected chi connectivity index (χ1v) is 4.80. The molecule has 0 aliphatic carbocycles. The molecule has 70 valence electrons. The molecule has 0 N–H and O–H groups in total. The summed E-state index contributed by atoms with van der Waals surface area (Å²) in [5.41, 5.74) is 4.51. The van der Waals surface area contributed by atoms with E-state index >= 15 is 0 Å². The minimum atomic E-state index is 0.780. The SMILES string of the molecule is C1=Cc2ccc3c(c2[N-]C1)[N-]CC=C3. The van der Waals surface area contributed by atoms with Crippen LogP contribution in [0.1, 0.15) is 11.1 Å². The highest BCUT2D eigenvalue weighted by Gasteiger charge is 2.00. The predicted molar refractivity (Wildman–Crippen MR) is 60.3 cm³/mol. The van der Waals surface area contributed by atoms with E-state index < -0.39 is 0 Å². The van der Waals surface area contributed by atoms with Crippen molar-refractivity contribution in [1.29, 1.82) is 0 Å². The molecule has 1 aromatic carbocycles. The number of rotatable bonds is 0. The van der Waals surface area contributed by atoms with Crippen molar-refractivity contribution < 1.29 is 0 Å². The number of fused-ring (bicyclic) bond motifs is 3. The van der Waals surface area contributed by atoms with Gasteiger partial charge >= 0.3 is 0 Å². The zero-order chi connectivity index (χ0) is 9.38. The third-order valence-electron chi connectivity index (χ3n) is 2.52. The third kappa shape index (κ3) is 1.04. The average Bonchev–Trinajstić information content (AvgIpc) is 2.29. The fraction of sp³-hybridized carbons (Fsp3) is 0.167. The van der Waals surface area contributed by atoms with E-state index in [0.29, 0.717) is 0 Å². The summed E-state index contributed by atoms with van der Waals surface area (Å²) in [6.07, 6.45) is 8.40. The molecule has 0 saturated carbocycles. The van der Waals surface area contributed by atoms with Crippen molar-refractivity contribution in [2.24, 2.45) is 0 Å². The Labute approximate surface area is 83.3 Å². The first-order valence-electron chi connectivity index (χ1n) is 4.80. The largest absolute Gasteiger partial charge is 0.682 e. The Hall–Kier alpha value is -1.70. The van der Waals surface area contributed by atoms with E-state index in [1.807, 2.05) is 0 Å². The van der Waals surface area contributed by atoms with Gasteiger partial charge < -0.3 is 10.6 Å². The summed E-state index contributed by atoms with van der Waals surface area (Å²) < 4.78 is 0. The van der Waals surface area contributed by atoms with Crippen LogP contribution in [0.4, 0.5) is 11.4 Å². The van der Waals surface area contributed by atoms with Gasteiger partial charge in [0.25, 0.3) is 0 Å². The van der Waals surface area contributed by atoms with Crippen LogP contribution >= 0.6 is 0 Å². The maximum Gasteiger partial charge on any atom is -0.0421 e. The zero-order valence-corrected chi connectivity index (χ0v) is 7.77. The monoisotopic (exact) mass is 182 g/mol. The van der Waals surface area contributed by atoms with Gasteiger partial charge in [-0.1, -0.05) is 24.3 Å². The summed E-state index contributed by atoms with van der Waals surface area (Å²) in [4.78, 5) is 0. The molecule has 0 bridgehead atoms. The Morgan fingerprint density at radius 1 is 0.786 bits per heavy atom. The fourth-order valence-corrected chi connectivity index (χ4v) is 1.86. The van der Waals surface area contributed by atoms with E-state index in [1.165, 1.54) is 11.1 Å². The van der Waals surface area contributed by atoms with Crippen LogP contribution in [-0.2, 0) is 0 Å². The smallest absolute Gasteiger partial charge is 0.0421 e. The van der Waals surface area contributed by atoms with E-state index in [1.54, 1.807) is 0 Å². The maximum absolute atomic E-state index is 4.49. The minimum absolute atomic E-state index is 0.780. The normalized spacial score (nSPS) is 16.6. The molecule has 0 fully saturated rings. The van der Waals surface area contributed by atoms with E-state index in [9.17, 15) is 0 Å². The van der Waals surface area contributed by atoms with Crippen molar-refractivity contribution in [2.75, 3.05) is 13.1 Å². The van der Waals surface area contributed by atoms with Crippen LogP contribution < -0.4 is 0 Å². The Morgan fingerprint density at radius 2 is 1.29 bits per heavy atom. The molecule has 3 rings (SSSR count). The second kappa shape index (κ2) is 2.91. The standard InChI is InChI=1S/C12H10N2/c1-3-9-5-6-10-4-2-8-14-12(10)11(9)13-7-1/h1-6H,7-8H2/q-2. The molecule has 1 aromatic rings. The van der Waals surface area contributed by atoms with Crippen molar-refractivity contribution in [2.45, 2.75) is 0 Å². The van der Waals surface area contributed by atoms with Gasteiger partial charge in [-0.05, 0) is 11.1 Å². The van der Waals surface area contributed by atoms with Crippen LogP contribution in [0.2, 0.25) is 0 Å². The maximum atomic E-state index is 4.49. The fourth-order valence-electron chi connectivity index (χ4n) is 1.86. The third-order valence-corrected chi connectivity index (χ3v) is 2.52. The van der Waals surface area contributed by atoms with E-state index in [-0.39, 0.29) is 0 Å². The minimum Gasteiger partial charge on any atom is -0.682 e. The predicted octanol–water partition coefficient (Wildman–Crippen LogP) is 3.75. The second-order valence-corrected chi connectivity index (χ2v) is 3.43. The summed E-state index contributed by atoms with van der Waals surface area (Å²) in [6, 6.07) is 4.22. The zero-order valence-electron chi connectivity index (χ0n) is 7.77. The molecule has 0 radical (unpaired) electrons. The van der Waals surface area contributed by atoms with Gasteiger partial charge in [-0.2, -0.15) is 0 Å². The topological polar surface area (TPSA) is 28.2 Å². The first kappa shape index (κ1) is 7.68. The van der Waals surface area contributed by atoms with Crippen molar-refractivity contribution >= 4 is 23.5 Å². The number of benzene rings is 1. The molecule has 0 amide bonds. The van der Waals surface area contributed by atoms with Crippen molar-refractivity contribution in [3.05, 3.63) is 46.0 Å². The molecule has 0 saturated heterocycles. The summed E-state index contributed by atoms with van der Waals surface area (Å²) >= 11 is 0. The lowest BCUT2D eigenvalue weighted by molar-refractivity contribution is 1.35. The highest BCUT2D eigenvalue weighted by molar-refractivity contribution is 5.92. The van der Waals surface area contributed by atoms with Gasteiger partial charge in [-0.3, -0.25) is 0 Å². The Balaban J connectivity index is 2.23. The average molecular weight is 182 g/mol. The van der Waals surface area contributed by atoms with Crippen LogP contribution in [0.3, 0.4) is 0 Å². The van der Waals surface area contributed by atoms with Gasteiger partial charge in [0.05, 0.1) is 0 Å². The van der Waals surface area contributed by atoms with Crippen molar-refractivity contribution in [1.82, 2.24) is 0 Å². The van der Waals surface area contributed by atoms with Crippen LogP contribution in [0.25, 0.3) is 22.8 Å². The van der Waals surface area contributed by atoms with Crippen molar-refractivity contribution in [3.63, 3.8) is 0 Å². The van der Waals surface area contributed by atoms with Crippen LogP contribution in [-0.4, -0.2) is 13.1 Å². The number of hydrogen-bond acceptors (Lipinski definition) is 0. The lowest BCUT2D eigenvalue weighted by Crippen LogP contribution is -1.93. The molecule has 0 atom stereocenters. The Morgan fingerprint density at radius 3 is 1.79 bits per heavy atom. The summed E-state index contributed by atoms with van der Waals surface area (Å²) in [7, 11) is 0. The van der Waals surface area contributed by atoms with Gasteiger partial charge in [0.15, 0.2) is 0 Å². The molecule has 14 heavy (non-hydrogen) atoms.